The fourth-order valence-corrected chi connectivity index (χ4v) is 4.99. The van der Waals surface area contributed by atoms with Crippen LogP contribution in [-0.4, -0.2) is 29.0 Å². The second-order valence-corrected chi connectivity index (χ2v) is 7.54. The first-order chi connectivity index (χ1) is 8.48. The van der Waals surface area contributed by atoms with Crippen LogP contribution in [-0.2, 0) is 4.79 Å². The van der Waals surface area contributed by atoms with E-state index in [-0.39, 0.29) is 11.3 Å². The monoisotopic (exact) mass is 270 g/mol. The number of nitrogens with one attached hydrogen (secondary N) is 1. The summed E-state index contributed by atoms with van der Waals surface area (Å²) in [5.41, 5.74) is 5.22. The van der Waals surface area contributed by atoms with Crippen molar-refractivity contribution >= 4 is 17.7 Å². The van der Waals surface area contributed by atoms with Gasteiger partial charge in [-0.3, -0.25) is 10.1 Å². The number of nitrogens with two attached hydrogens (primary N) is 1. The zero-order valence-corrected chi connectivity index (χ0v) is 12.4. The Labute approximate surface area is 115 Å². The maximum Gasteiger partial charge on any atom is 0.239 e. The van der Waals surface area contributed by atoms with Crippen LogP contribution >= 0.6 is 11.8 Å². The van der Waals surface area contributed by atoms with E-state index >= 15 is 0 Å². The Morgan fingerprint density at radius 3 is 2.50 bits per heavy atom. The minimum atomic E-state index is -0.516. The second-order valence-electron chi connectivity index (χ2n) is 6.44. The fraction of sp³-hybridized carbons (Fsp3) is 0.929. The van der Waals surface area contributed by atoms with Crippen LogP contribution in [0.3, 0.4) is 0 Å². The van der Waals surface area contributed by atoms with Crippen molar-refractivity contribution in [2.45, 2.75) is 64.0 Å². The Morgan fingerprint density at radius 2 is 1.94 bits per heavy atom. The highest BCUT2D eigenvalue weighted by atomic mass is 32.2. The van der Waals surface area contributed by atoms with Crippen LogP contribution in [0.1, 0.15) is 52.4 Å². The lowest BCUT2D eigenvalue weighted by molar-refractivity contribution is -0.129. The van der Waals surface area contributed by atoms with Crippen molar-refractivity contribution in [3.8, 4) is 0 Å². The van der Waals surface area contributed by atoms with E-state index in [2.05, 4.69) is 19.2 Å². The van der Waals surface area contributed by atoms with Gasteiger partial charge < -0.3 is 5.73 Å². The number of carbonyl (C=O) groups excluding carboxylic acids is 1. The number of rotatable bonds is 3. The molecule has 2 fully saturated rings. The fourth-order valence-electron chi connectivity index (χ4n) is 3.27. The first-order valence-corrected chi connectivity index (χ1v) is 8.29. The molecule has 3 N–H and O–H groups in total. The lowest BCUT2D eigenvalue weighted by Crippen LogP contribution is -2.69. The van der Waals surface area contributed by atoms with E-state index in [4.69, 9.17) is 5.73 Å². The third-order valence-electron chi connectivity index (χ3n) is 4.82. The predicted octanol–water partition coefficient (Wildman–Crippen LogP) is 2.30. The number of primary amides is 1. The lowest BCUT2D eigenvalue weighted by Gasteiger charge is -2.50. The van der Waals surface area contributed by atoms with Gasteiger partial charge >= 0.3 is 0 Å². The molecule has 0 radical (unpaired) electrons. The molecule has 1 aliphatic carbocycles. The maximum absolute atomic E-state index is 12.1. The van der Waals surface area contributed by atoms with Crippen molar-refractivity contribution in [1.82, 2.24) is 5.32 Å². The van der Waals surface area contributed by atoms with Crippen molar-refractivity contribution in [2.24, 2.45) is 11.1 Å². The molecule has 1 unspecified atom stereocenters. The summed E-state index contributed by atoms with van der Waals surface area (Å²) in [6, 6.07) is 0.476. The number of amides is 1. The lowest BCUT2D eigenvalue weighted by atomic mass is 9.69. The van der Waals surface area contributed by atoms with Crippen molar-refractivity contribution < 1.29 is 4.79 Å². The van der Waals surface area contributed by atoms with Crippen LogP contribution in [0.15, 0.2) is 0 Å². The molecule has 18 heavy (non-hydrogen) atoms. The van der Waals surface area contributed by atoms with Gasteiger partial charge in [-0.1, -0.05) is 33.1 Å². The van der Waals surface area contributed by atoms with Crippen LogP contribution in [0.5, 0.6) is 0 Å². The van der Waals surface area contributed by atoms with Gasteiger partial charge in [-0.2, -0.15) is 11.8 Å². The molecule has 1 atom stereocenters. The molecule has 1 saturated heterocycles. The molecule has 0 spiro atoms. The molecule has 0 aromatic carbocycles. The Bertz CT molecular complexity index is 313. The number of carbonyl (C=O) groups is 1. The minimum Gasteiger partial charge on any atom is -0.368 e. The standard InChI is InChI=1S/C14H26N2OS/c1-13(2)8-9-18-10-14(13,12(15)17)16-11-6-4-3-5-7-11/h11,16H,3-10H2,1-2H3,(H2,15,17). The first kappa shape index (κ1) is 14.2. The third kappa shape index (κ3) is 2.55. The maximum atomic E-state index is 12.1. The number of thioether (sulfide) groups is 1. The average molecular weight is 270 g/mol. The van der Waals surface area contributed by atoms with Crippen LogP contribution in [0.2, 0.25) is 0 Å². The second kappa shape index (κ2) is 5.41. The van der Waals surface area contributed by atoms with Crippen molar-refractivity contribution in [3.05, 3.63) is 0 Å². The van der Waals surface area contributed by atoms with E-state index < -0.39 is 5.54 Å². The summed E-state index contributed by atoms with van der Waals surface area (Å²) in [6.07, 6.45) is 7.33. The van der Waals surface area contributed by atoms with Crippen LogP contribution in [0.4, 0.5) is 0 Å². The van der Waals surface area contributed by atoms with Gasteiger partial charge in [0.2, 0.25) is 5.91 Å². The predicted molar refractivity (Wildman–Crippen MR) is 77.7 cm³/mol. The summed E-state index contributed by atoms with van der Waals surface area (Å²) in [5, 5.41) is 3.67. The Balaban J connectivity index is 2.17. The molecule has 3 nitrogen and oxygen atoms in total. The van der Waals surface area contributed by atoms with Gasteiger partial charge in [-0.15, -0.1) is 0 Å². The molecule has 0 aromatic heterocycles. The van der Waals surface area contributed by atoms with Crippen LogP contribution in [0, 0.1) is 5.41 Å². The van der Waals surface area contributed by atoms with E-state index in [1.165, 1.54) is 32.1 Å². The molecule has 4 heteroatoms. The highest BCUT2D eigenvalue weighted by Crippen LogP contribution is 2.43. The topological polar surface area (TPSA) is 55.1 Å². The van der Waals surface area contributed by atoms with Gasteiger partial charge in [-0.25, -0.2) is 0 Å². The van der Waals surface area contributed by atoms with Gasteiger partial charge in [-0.05, 0) is 30.4 Å². The van der Waals surface area contributed by atoms with E-state index in [0.717, 1.165) is 17.9 Å². The van der Waals surface area contributed by atoms with Crippen molar-refractivity contribution in [1.29, 1.82) is 0 Å². The first-order valence-electron chi connectivity index (χ1n) is 7.13. The Kier molecular flexibility index (Phi) is 4.27. The minimum absolute atomic E-state index is 0.0401. The summed E-state index contributed by atoms with van der Waals surface area (Å²) < 4.78 is 0. The van der Waals surface area contributed by atoms with Gasteiger partial charge in [0, 0.05) is 11.8 Å². The van der Waals surface area contributed by atoms with Gasteiger partial charge in [0.1, 0.15) is 5.54 Å². The van der Waals surface area contributed by atoms with E-state index in [1.54, 1.807) is 0 Å². The van der Waals surface area contributed by atoms with Gasteiger partial charge in [0.05, 0.1) is 0 Å². The summed E-state index contributed by atoms with van der Waals surface area (Å²) in [5.74, 6) is 1.80. The van der Waals surface area contributed by atoms with E-state index in [9.17, 15) is 4.79 Å². The Morgan fingerprint density at radius 1 is 1.28 bits per heavy atom. The van der Waals surface area contributed by atoms with Crippen LogP contribution < -0.4 is 11.1 Å². The molecule has 0 aromatic rings. The molecule has 2 rings (SSSR count). The molecular formula is C14H26N2OS. The molecule has 2 aliphatic rings. The van der Waals surface area contributed by atoms with E-state index in [0.29, 0.717) is 6.04 Å². The molecular weight excluding hydrogens is 244 g/mol. The zero-order valence-electron chi connectivity index (χ0n) is 11.6. The zero-order chi connectivity index (χ0) is 13.2. The van der Waals surface area contributed by atoms with Gasteiger partial charge in [0.15, 0.2) is 0 Å². The van der Waals surface area contributed by atoms with Crippen LogP contribution in [0.25, 0.3) is 0 Å². The number of hydrogen-bond acceptors (Lipinski definition) is 3. The largest absolute Gasteiger partial charge is 0.368 e. The summed E-state index contributed by atoms with van der Waals surface area (Å²) in [6.45, 7) is 4.38. The summed E-state index contributed by atoms with van der Waals surface area (Å²) >= 11 is 1.86. The molecule has 1 saturated carbocycles. The highest BCUT2D eigenvalue weighted by molar-refractivity contribution is 7.99. The SMILES string of the molecule is CC1(C)CCSCC1(NC1CCCCC1)C(N)=O. The average Bonchev–Trinajstić information content (AvgIpc) is 2.33. The van der Waals surface area contributed by atoms with E-state index in [1.807, 2.05) is 11.8 Å². The number of hydrogen-bond donors (Lipinski definition) is 2. The quantitative estimate of drug-likeness (QED) is 0.827. The summed E-state index contributed by atoms with van der Waals surface area (Å²) in [7, 11) is 0. The highest BCUT2D eigenvalue weighted by Gasteiger charge is 2.52. The molecule has 1 amide bonds. The molecule has 104 valence electrons. The Hall–Kier alpha value is -0.220. The molecule has 0 bridgehead atoms. The normalized spacial score (nSPS) is 33.2. The summed E-state index contributed by atoms with van der Waals surface area (Å²) in [4.78, 5) is 12.1. The third-order valence-corrected chi connectivity index (χ3v) is 5.95. The molecule has 1 heterocycles. The smallest absolute Gasteiger partial charge is 0.239 e. The van der Waals surface area contributed by atoms with Gasteiger partial charge in [0.25, 0.3) is 0 Å². The van der Waals surface area contributed by atoms with Crippen molar-refractivity contribution in [3.63, 3.8) is 0 Å². The van der Waals surface area contributed by atoms with Crippen molar-refractivity contribution in [2.75, 3.05) is 11.5 Å². The molecule has 1 aliphatic heterocycles.